The predicted octanol–water partition coefficient (Wildman–Crippen LogP) is 4.84. The third-order valence-electron chi connectivity index (χ3n) is 3.47. The van der Waals surface area contributed by atoms with Gasteiger partial charge in [-0.3, -0.25) is 4.79 Å². The summed E-state index contributed by atoms with van der Waals surface area (Å²) in [5.74, 6) is 0.132. The molecule has 2 aromatic carbocycles. The van der Waals surface area contributed by atoms with E-state index in [4.69, 9.17) is 11.6 Å². The molecule has 0 amide bonds. The Morgan fingerprint density at radius 3 is 2.58 bits per heavy atom. The Kier molecular flexibility index (Phi) is 3.11. The number of benzene rings is 2. The van der Waals surface area contributed by atoms with Crippen molar-refractivity contribution in [1.29, 1.82) is 0 Å². The maximum atomic E-state index is 13.9. The van der Waals surface area contributed by atoms with E-state index in [0.717, 1.165) is 24.7 Å². The lowest BCUT2D eigenvalue weighted by molar-refractivity contribution is 0.112. The minimum Gasteiger partial charge on any atom is -0.298 e. The van der Waals surface area contributed by atoms with Crippen LogP contribution < -0.4 is 0 Å². The van der Waals surface area contributed by atoms with Gasteiger partial charge in [-0.15, -0.1) is 0 Å². The fourth-order valence-electron chi connectivity index (χ4n) is 2.33. The SMILES string of the molecule is O=Cc1cc(-c2ccc(Cl)cc2F)ccc1C1CC1. The molecule has 2 aromatic rings. The van der Waals surface area contributed by atoms with Gasteiger partial charge >= 0.3 is 0 Å². The van der Waals surface area contributed by atoms with Gasteiger partial charge in [0.1, 0.15) is 12.1 Å². The van der Waals surface area contributed by atoms with E-state index >= 15 is 0 Å². The van der Waals surface area contributed by atoms with Crippen molar-refractivity contribution < 1.29 is 9.18 Å². The molecule has 3 rings (SSSR count). The molecule has 0 unspecified atom stereocenters. The molecule has 0 heterocycles. The van der Waals surface area contributed by atoms with Gasteiger partial charge in [-0.05, 0) is 54.2 Å². The topological polar surface area (TPSA) is 17.1 Å². The zero-order valence-corrected chi connectivity index (χ0v) is 11.0. The quantitative estimate of drug-likeness (QED) is 0.732. The highest BCUT2D eigenvalue weighted by atomic mass is 35.5. The second-order valence-corrected chi connectivity index (χ2v) is 5.30. The fourth-order valence-corrected chi connectivity index (χ4v) is 2.49. The molecule has 96 valence electrons. The van der Waals surface area contributed by atoms with Crippen molar-refractivity contribution in [3.8, 4) is 11.1 Å². The minimum absolute atomic E-state index is 0.367. The molecule has 1 saturated carbocycles. The number of hydrogen-bond acceptors (Lipinski definition) is 1. The third kappa shape index (κ3) is 2.41. The van der Waals surface area contributed by atoms with Crippen LogP contribution in [0.25, 0.3) is 11.1 Å². The van der Waals surface area contributed by atoms with E-state index in [1.54, 1.807) is 18.2 Å². The van der Waals surface area contributed by atoms with Crippen molar-refractivity contribution in [3.05, 3.63) is 58.4 Å². The highest BCUT2D eigenvalue weighted by molar-refractivity contribution is 6.30. The predicted molar refractivity (Wildman–Crippen MR) is 74.2 cm³/mol. The zero-order valence-electron chi connectivity index (χ0n) is 10.2. The maximum absolute atomic E-state index is 13.9. The molecule has 1 fully saturated rings. The molecule has 1 nitrogen and oxygen atoms in total. The van der Waals surface area contributed by atoms with Crippen LogP contribution in [-0.2, 0) is 0 Å². The molecule has 0 N–H and O–H groups in total. The number of aldehydes is 1. The van der Waals surface area contributed by atoms with Gasteiger partial charge in [0.15, 0.2) is 0 Å². The molecule has 0 bridgehead atoms. The van der Waals surface area contributed by atoms with Gasteiger partial charge in [-0.2, -0.15) is 0 Å². The Labute approximate surface area is 116 Å². The maximum Gasteiger partial charge on any atom is 0.150 e. The van der Waals surface area contributed by atoms with E-state index in [0.29, 0.717) is 27.6 Å². The van der Waals surface area contributed by atoms with Crippen LogP contribution in [-0.4, -0.2) is 6.29 Å². The first-order valence-electron chi connectivity index (χ1n) is 6.23. The summed E-state index contributed by atoms with van der Waals surface area (Å²) >= 11 is 5.74. The fraction of sp³-hybridized carbons (Fsp3) is 0.188. The zero-order chi connectivity index (χ0) is 13.4. The third-order valence-corrected chi connectivity index (χ3v) is 3.71. The number of carbonyl (C=O) groups excluding carboxylic acids is 1. The van der Waals surface area contributed by atoms with E-state index < -0.39 is 0 Å². The summed E-state index contributed by atoms with van der Waals surface area (Å²) in [4.78, 5) is 11.2. The van der Waals surface area contributed by atoms with Crippen LogP contribution in [0.5, 0.6) is 0 Å². The van der Waals surface area contributed by atoms with Crippen LogP contribution in [0, 0.1) is 5.82 Å². The summed E-state index contributed by atoms with van der Waals surface area (Å²) in [6.07, 6.45) is 3.12. The standard InChI is InChI=1S/C16H12ClFO/c17-13-4-6-15(16(18)8-13)11-3-5-14(10-1-2-10)12(7-11)9-19/h3-10H,1-2H2. The summed E-state index contributed by atoms with van der Waals surface area (Å²) in [7, 11) is 0. The highest BCUT2D eigenvalue weighted by Gasteiger charge is 2.26. The number of carbonyl (C=O) groups is 1. The van der Waals surface area contributed by atoms with Gasteiger partial charge in [0.25, 0.3) is 0 Å². The van der Waals surface area contributed by atoms with Crippen LogP contribution >= 0.6 is 11.6 Å². The Morgan fingerprint density at radius 1 is 1.16 bits per heavy atom. The van der Waals surface area contributed by atoms with E-state index in [-0.39, 0.29) is 5.82 Å². The van der Waals surface area contributed by atoms with Crippen LogP contribution in [0.2, 0.25) is 5.02 Å². The monoisotopic (exact) mass is 274 g/mol. The van der Waals surface area contributed by atoms with Gasteiger partial charge in [0.05, 0.1) is 0 Å². The first-order valence-corrected chi connectivity index (χ1v) is 6.61. The molecule has 19 heavy (non-hydrogen) atoms. The average Bonchev–Trinajstić information content (AvgIpc) is 3.22. The van der Waals surface area contributed by atoms with Crippen LogP contribution in [0.1, 0.15) is 34.7 Å². The van der Waals surface area contributed by atoms with Crippen LogP contribution in [0.15, 0.2) is 36.4 Å². The van der Waals surface area contributed by atoms with Gasteiger partial charge in [0, 0.05) is 16.1 Å². The second-order valence-electron chi connectivity index (χ2n) is 4.86. The second kappa shape index (κ2) is 4.78. The molecule has 1 aliphatic carbocycles. The smallest absolute Gasteiger partial charge is 0.150 e. The largest absolute Gasteiger partial charge is 0.298 e. The average molecular weight is 275 g/mol. The van der Waals surface area contributed by atoms with E-state index in [1.165, 1.54) is 6.07 Å². The van der Waals surface area contributed by atoms with Crippen molar-refractivity contribution in [2.45, 2.75) is 18.8 Å². The summed E-state index contributed by atoms with van der Waals surface area (Å²) in [6.45, 7) is 0. The Hall–Kier alpha value is -1.67. The lowest BCUT2D eigenvalue weighted by Gasteiger charge is -2.08. The Bertz CT molecular complexity index is 647. The molecular weight excluding hydrogens is 263 g/mol. The lowest BCUT2D eigenvalue weighted by Crippen LogP contribution is -1.92. The molecular formula is C16H12ClFO. The molecule has 0 spiro atoms. The molecule has 0 saturated heterocycles. The van der Waals surface area contributed by atoms with Crippen molar-refractivity contribution in [2.24, 2.45) is 0 Å². The molecule has 1 aliphatic rings. The molecule has 0 aromatic heterocycles. The van der Waals surface area contributed by atoms with Crippen molar-refractivity contribution in [2.75, 3.05) is 0 Å². The van der Waals surface area contributed by atoms with Crippen molar-refractivity contribution >= 4 is 17.9 Å². The summed E-state index contributed by atoms with van der Waals surface area (Å²) in [6, 6.07) is 10.1. The minimum atomic E-state index is -0.372. The van der Waals surface area contributed by atoms with Crippen molar-refractivity contribution in [1.82, 2.24) is 0 Å². The Balaban J connectivity index is 2.07. The number of halogens is 2. The van der Waals surface area contributed by atoms with Gasteiger partial charge in [-0.1, -0.05) is 23.7 Å². The number of hydrogen-bond donors (Lipinski definition) is 0. The summed E-state index contributed by atoms with van der Waals surface area (Å²) < 4.78 is 13.9. The normalized spacial score (nSPS) is 14.4. The molecule has 3 heteroatoms. The first kappa shape index (κ1) is 12.4. The first-order chi connectivity index (χ1) is 9.19. The molecule has 0 aliphatic heterocycles. The number of rotatable bonds is 3. The molecule has 0 radical (unpaired) electrons. The Morgan fingerprint density at radius 2 is 1.95 bits per heavy atom. The highest BCUT2D eigenvalue weighted by Crippen LogP contribution is 2.42. The van der Waals surface area contributed by atoms with E-state index in [1.807, 2.05) is 12.1 Å². The lowest BCUT2D eigenvalue weighted by atomic mass is 9.97. The van der Waals surface area contributed by atoms with Crippen LogP contribution in [0.3, 0.4) is 0 Å². The van der Waals surface area contributed by atoms with Gasteiger partial charge in [-0.25, -0.2) is 4.39 Å². The van der Waals surface area contributed by atoms with Crippen molar-refractivity contribution in [3.63, 3.8) is 0 Å². The van der Waals surface area contributed by atoms with Gasteiger partial charge in [0.2, 0.25) is 0 Å². The van der Waals surface area contributed by atoms with Crippen LogP contribution in [0.4, 0.5) is 4.39 Å². The molecule has 0 atom stereocenters. The van der Waals surface area contributed by atoms with Gasteiger partial charge < -0.3 is 0 Å². The summed E-state index contributed by atoms with van der Waals surface area (Å²) in [5, 5.41) is 0.367. The van der Waals surface area contributed by atoms with E-state index in [2.05, 4.69) is 0 Å². The summed E-state index contributed by atoms with van der Waals surface area (Å²) in [5.41, 5.74) is 2.91. The van der Waals surface area contributed by atoms with E-state index in [9.17, 15) is 9.18 Å².